The van der Waals surface area contributed by atoms with E-state index in [4.69, 9.17) is 4.74 Å². The van der Waals surface area contributed by atoms with E-state index >= 15 is 0 Å². The fourth-order valence-corrected chi connectivity index (χ4v) is 3.76. The summed E-state index contributed by atoms with van der Waals surface area (Å²) in [6.07, 6.45) is 0.187. The van der Waals surface area contributed by atoms with Gasteiger partial charge in [-0.2, -0.15) is 4.68 Å². The van der Waals surface area contributed by atoms with E-state index in [1.54, 1.807) is 42.2 Å². The molecule has 9 nitrogen and oxygen atoms in total. The van der Waals surface area contributed by atoms with E-state index in [0.717, 1.165) is 5.56 Å². The molecule has 35 heavy (non-hydrogen) atoms. The lowest BCUT2D eigenvalue weighted by Gasteiger charge is -2.35. The zero-order valence-electron chi connectivity index (χ0n) is 19.3. The van der Waals surface area contributed by atoms with Crippen LogP contribution < -0.4 is 15.8 Å². The van der Waals surface area contributed by atoms with E-state index in [9.17, 15) is 18.8 Å². The first kappa shape index (κ1) is 23.9. The Labute approximate surface area is 201 Å². The van der Waals surface area contributed by atoms with Crippen molar-refractivity contribution >= 4 is 23.5 Å². The standard InChI is InChI=1S/C25H26FN5O4/c1-2-35-24(33)17-18-3-7-20(8-4-18)27-25(34)30-15-13-29(14-16-30)22-11-12-23(32)31(28-22)21-9-5-19(26)6-10-21/h3-12H,2,13-17H2,1H3,(H,27,34). The highest BCUT2D eigenvalue weighted by Gasteiger charge is 2.22. The highest BCUT2D eigenvalue weighted by Crippen LogP contribution is 2.16. The lowest BCUT2D eigenvalue weighted by molar-refractivity contribution is -0.142. The van der Waals surface area contributed by atoms with Crippen molar-refractivity contribution in [2.24, 2.45) is 0 Å². The van der Waals surface area contributed by atoms with Crippen LogP contribution in [0.2, 0.25) is 0 Å². The van der Waals surface area contributed by atoms with Crippen molar-refractivity contribution in [3.05, 3.63) is 82.4 Å². The fraction of sp³-hybridized carbons (Fsp3) is 0.280. The van der Waals surface area contributed by atoms with Crippen LogP contribution in [0, 0.1) is 5.82 Å². The summed E-state index contributed by atoms with van der Waals surface area (Å²) in [5.41, 5.74) is 1.61. The number of ether oxygens (including phenoxy) is 1. The number of hydrogen-bond donors (Lipinski definition) is 1. The molecule has 0 bridgehead atoms. The maximum atomic E-state index is 13.2. The number of hydrogen-bond acceptors (Lipinski definition) is 6. The third-order valence-electron chi connectivity index (χ3n) is 5.61. The third kappa shape index (κ3) is 6.03. The number of carbonyl (C=O) groups is 2. The Bertz CT molecular complexity index is 1240. The molecule has 2 aromatic carbocycles. The summed E-state index contributed by atoms with van der Waals surface area (Å²) in [5, 5.41) is 7.30. The first-order valence-corrected chi connectivity index (χ1v) is 11.3. The largest absolute Gasteiger partial charge is 0.466 e. The van der Waals surface area contributed by atoms with Gasteiger partial charge in [-0.3, -0.25) is 9.59 Å². The van der Waals surface area contributed by atoms with E-state index in [1.807, 2.05) is 4.90 Å². The first-order chi connectivity index (χ1) is 16.9. The minimum Gasteiger partial charge on any atom is -0.466 e. The number of nitrogens with one attached hydrogen (secondary N) is 1. The van der Waals surface area contributed by atoms with Gasteiger partial charge in [0.05, 0.1) is 18.7 Å². The molecule has 2 heterocycles. The zero-order valence-corrected chi connectivity index (χ0v) is 19.3. The summed E-state index contributed by atoms with van der Waals surface area (Å²) >= 11 is 0. The number of halogens is 1. The number of anilines is 2. The third-order valence-corrected chi connectivity index (χ3v) is 5.61. The van der Waals surface area contributed by atoms with Gasteiger partial charge in [-0.25, -0.2) is 9.18 Å². The van der Waals surface area contributed by atoms with Crippen molar-refractivity contribution in [2.75, 3.05) is 43.0 Å². The summed E-state index contributed by atoms with van der Waals surface area (Å²) < 4.78 is 19.4. The first-order valence-electron chi connectivity index (χ1n) is 11.3. The monoisotopic (exact) mass is 479 g/mol. The van der Waals surface area contributed by atoms with Crippen LogP contribution in [0.15, 0.2) is 65.5 Å². The molecule has 0 spiro atoms. The lowest BCUT2D eigenvalue weighted by Crippen LogP contribution is -2.50. The predicted octanol–water partition coefficient (Wildman–Crippen LogP) is 2.83. The Morgan fingerprint density at radius 2 is 1.66 bits per heavy atom. The molecule has 1 aliphatic rings. The number of benzene rings is 2. The quantitative estimate of drug-likeness (QED) is 0.546. The lowest BCUT2D eigenvalue weighted by atomic mass is 10.1. The van der Waals surface area contributed by atoms with E-state index in [2.05, 4.69) is 10.4 Å². The number of esters is 1. The number of carbonyl (C=O) groups excluding carboxylic acids is 2. The Balaban J connectivity index is 1.33. The van der Waals surface area contributed by atoms with Gasteiger partial charge in [0.2, 0.25) is 0 Å². The maximum absolute atomic E-state index is 13.2. The van der Waals surface area contributed by atoms with Gasteiger partial charge in [0, 0.05) is 37.9 Å². The molecule has 3 aromatic rings. The van der Waals surface area contributed by atoms with E-state index < -0.39 is 0 Å². The SMILES string of the molecule is CCOC(=O)Cc1ccc(NC(=O)N2CCN(c3ccc(=O)n(-c4ccc(F)cc4)n3)CC2)cc1. The molecule has 1 saturated heterocycles. The van der Waals surface area contributed by atoms with Crippen molar-refractivity contribution in [1.29, 1.82) is 0 Å². The highest BCUT2D eigenvalue weighted by molar-refractivity contribution is 5.89. The number of nitrogens with zero attached hydrogens (tertiary/aromatic N) is 4. The molecule has 1 N–H and O–H groups in total. The van der Waals surface area contributed by atoms with Gasteiger partial charge in [-0.15, -0.1) is 5.10 Å². The number of aromatic nitrogens is 2. The number of amides is 2. The van der Waals surface area contributed by atoms with Crippen LogP contribution in [0.25, 0.3) is 5.69 Å². The highest BCUT2D eigenvalue weighted by atomic mass is 19.1. The molecule has 1 fully saturated rings. The molecule has 0 atom stereocenters. The molecular weight excluding hydrogens is 453 g/mol. The van der Waals surface area contributed by atoms with E-state index in [-0.39, 0.29) is 29.8 Å². The van der Waals surface area contributed by atoms with Crippen molar-refractivity contribution in [2.45, 2.75) is 13.3 Å². The van der Waals surface area contributed by atoms with Crippen LogP contribution >= 0.6 is 0 Å². The summed E-state index contributed by atoms with van der Waals surface area (Å²) in [5.74, 6) is -0.0733. The van der Waals surface area contributed by atoms with Gasteiger partial charge >= 0.3 is 12.0 Å². The molecule has 0 radical (unpaired) electrons. The number of urea groups is 1. The molecule has 1 aliphatic heterocycles. The normalized spacial score (nSPS) is 13.4. The second-order valence-corrected chi connectivity index (χ2v) is 8.00. The van der Waals surface area contributed by atoms with Crippen LogP contribution in [0.1, 0.15) is 12.5 Å². The van der Waals surface area contributed by atoms with Crippen molar-refractivity contribution in [3.8, 4) is 5.69 Å². The van der Waals surface area contributed by atoms with Crippen LogP contribution in [-0.2, 0) is 16.0 Å². The molecule has 2 amide bonds. The predicted molar refractivity (Wildman–Crippen MR) is 129 cm³/mol. The molecular formula is C25H26FN5O4. The summed E-state index contributed by atoms with van der Waals surface area (Å²) in [4.78, 5) is 40.3. The van der Waals surface area contributed by atoms with Gasteiger partial charge in [0.15, 0.2) is 0 Å². The van der Waals surface area contributed by atoms with E-state index in [0.29, 0.717) is 50.0 Å². The Kier molecular flexibility index (Phi) is 7.39. The molecule has 1 aromatic heterocycles. The summed E-state index contributed by atoms with van der Waals surface area (Å²) in [7, 11) is 0. The van der Waals surface area contributed by atoms with Crippen molar-refractivity contribution in [1.82, 2.24) is 14.7 Å². The smallest absolute Gasteiger partial charge is 0.321 e. The van der Waals surface area contributed by atoms with Crippen molar-refractivity contribution < 1.29 is 18.7 Å². The van der Waals surface area contributed by atoms with Gasteiger partial charge in [-0.1, -0.05) is 12.1 Å². The second-order valence-electron chi connectivity index (χ2n) is 8.00. The minimum atomic E-state index is -0.389. The van der Waals surface area contributed by atoms with Gasteiger partial charge in [-0.05, 0) is 55.0 Å². The molecule has 0 aliphatic carbocycles. The second kappa shape index (κ2) is 10.8. The minimum absolute atomic E-state index is 0.187. The molecule has 182 valence electrons. The van der Waals surface area contributed by atoms with Gasteiger partial charge in [0.25, 0.3) is 5.56 Å². The van der Waals surface area contributed by atoms with E-state index in [1.165, 1.54) is 35.0 Å². The Morgan fingerprint density at radius 3 is 2.31 bits per heavy atom. The van der Waals surface area contributed by atoms with Crippen LogP contribution in [0.3, 0.4) is 0 Å². The number of piperazine rings is 1. The van der Waals surface area contributed by atoms with Gasteiger partial charge in [0.1, 0.15) is 11.6 Å². The Morgan fingerprint density at radius 1 is 0.971 bits per heavy atom. The Hall–Kier alpha value is -4.21. The average Bonchev–Trinajstić information content (AvgIpc) is 2.86. The van der Waals surface area contributed by atoms with Crippen LogP contribution in [0.5, 0.6) is 0 Å². The summed E-state index contributed by atoms with van der Waals surface area (Å²) in [6.45, 7) is 4.14. The average molecular weight is 480 g/mol. The zero-order chi connectivity index (χ0) is 24.8. The molecule has 0 saturated carbocycles. The van der Waals surface area contributed by atoms with Crippen molar-refractivity contribution in [3.63, 3.8) is 0 Å². The van der Waals surface area contributed by atoms with Gasteiger partial charge < -0.3 is 19.9 Å². The maximum Gasteiger partial charge on any atom is 0.321 e. The number of rotatable bonds is 6. The molecule has 4 rings (SSSR count). The van der Waals surface area contributed by atoms with Crippen LogP contribution in [0.4, 0.5) is 20.7 Å². The summed E-state index contributed by atoms with van der Waals surface area (Å²) in [6, 6.07) is 15.5. The topological polar surface area (TPSA) is 96.8 Å². The fourth-order valence-electron chi connectivity index (χ4n) is 3.76. The molecule has 0 unspecified atom stereocenters. The van der Waals surface area contributed by atoms with Crippen LogP contribution in [-0.4, -0.2) is 59.5 Å². The molecule has 10 heteroatoms.